The number of nitriles is 1. The van der Waals surface area contributed by atoms with E-state index in [0.29, 0.717) is 35.7 Å². The number of carboxylic acid groups (broad SMARTS) is 1. The first-order valence-corrected chi connectivity index (χ1v) is 13.2. The van der Waals surface area contributed by atoms with Crippen molar-refractivity contribution < 1.29 is 32.6 Å². The summed E-state index contributed by atoms with van der Waals surface area (Å²) < 4.78 is 40.1. The minimum absolute atomic E-state index is 0.0379. The van der Waals surface area contributed by atoms with E-state index < -0.39 is 12.1 Å². The van der Waals surface area contributed by atoms with E-state index in [-0.39, 0.29) is 11.9 Å². The van der Waals surface area contributed by atoms with Gasteiger partial charge in [0.25, 0.3) is 5.91 Å². The normalized spacial score (nSPS) is 16.9. The molecule has 12 heteroatoms. The summed E-state index contributed by atoms with van der Waals surface area (Å²) in [6, 6.07) is 19.7. The van der Waals surface area contributed by atoms with Gasteiger partial charge in [0.15, 0.2) is 0 Å². The van der Waals surface area contributed by atoms with Gasteiger partial charge >= 0.3 is 12.1 Å². The Hall–Kier alpha value is -4.89. The summed E-state index contributed by atoms with van der Waals surface area (Å²) in [5.74, 6) is -1.62. The van der Waals surface area contributed by atoms with Crippen LogP contribution in [0, 0.1) is 11.3 Å². The van der Waals surface area contributed by atoms with Crippen LogP contribution < -0.4 is 10.1 Å². The van der Waals surface area contributed by atoms with E-state index in [9.17, 15) is 23.2 Å². The quantitative estimate of drug-likeness (QED) is 0.310. The molecule has 1 saturated heterocycles. The number of carbonyl (C=O) groups is 2. The van der Waals surface area contributed by atoms with Gasteiger partial charge in [0.05, 0.1) is 11.9 Å². The molecule has 2 aliphatic heterocycles. The average molecular weight is 578 g/mol. The van der Waals surface area contributed by atoms with Gasteiger partial charge in [-0.05, 0) is 53.1 Å². The van der Waals surface area contributed by atoms with Crippen LogP contribution in [0.2, 0.25) is 0 Å². The first-order valence-electron chi connectivity index (χ1n) is 13.2. The van der Waals surface area contributed by atoms with Crippen molar-refractivity contribution in [1.82, 2.24) is 19.8 Å². The zero-order valence-electron chi connectivity index (χ0n) is 22.3. The number of nitrogens with one attached hydrogen (secondary N) is 1. The lowest BCUT2D eigenvalue weighted by Gasteiger charge is -2.19. The molecular weight excluding hydrogens is 551 g/mol. The monoisotopic (exact) mass is 577 g/mol. The molecule has 6 rings (SSSR count). The number of imidazole rings is 1. The number of benzene rings is 3. The van der Waals surface area contributed by atoms with Gasteiger partial charge in [-0.25, -0.2) is 9.78 Å². The molecule has 0 aliphatic carbocycles. The average Bonchev–Trinajstić information content (AvgIpc) is 3.62. The lowest BCUT2D eigenvalue weighted by atomic mass is 10.0. The fourth-order valence-electron chi connectivity index (χ4n) is 5.05. The Kier molecular flexibility index (Phi) is 8.13. The van der Waals surface area contributed by atoms with Gasteiger partial charge in [-0.15, -0.1) is 0 Å². The number of aromatic nitrogens is 2. The number of hydrogen-bond acceptors (Lipinski definition) is 6. The fourth-order valence-corrected chi connectivity index (χ4v) is 5.05. The molecule has 0 unspecified atom stereocenters. The summed E-state index contributed by atoms with van der Waals surface area (Å²) in [5, 5.41) is 22.3. The molecule has 2 N–H and O–H groups in total. The molecule has 1 fully saturated rings. The number of aliphatic carboxylic acids is 1. The van der Waals surface area contributed by atoms with Gasteiger partial charge in [0, 0.05) is 56.1 Å². The molecule has 9 nitrogen and oxygen atoms in total. The first kappa shape index (κ1) is 28.6. The van der Waals surface area contributed by atoms with Crippen molar-refractivity contribution in [3.63, 3.8) is 0 Å². The zero-order chi connectivity index (χ0) is 29.9. The molecule has 1 amide bonds. The predicted octanol–water partition coefficient (Wildman–Crippen LogP) is 4.74. The molecule has 216 valence electrons. The molecule has 2 aliphatic rings. The minimum atomic E-state index is -5.08. The molecule has 0 radical (unpaired) electrons. The first-order chi connectivity index (χ1) is 20.1. The van der Waals surface area contributed by atoms with Gasteiger partial charge in [0.2, 0.25) is 0 Å². The third kappa shape index (κ3) is 6.37. The maximum Gasteiger partial charge on any atom is 0.490 e. The number of alkyl halides is 3. The van der Waals surface area contributed by atoms with Crippen LogP contribution in [-0.4, -0.2) is 63.3 Å². The molecule has 3 heterocycles. The molecule has 4 aromatic rings. The highest BCUT2D eigenvalue weighted by Gasteiger charge is 2.38. The third-order valence-electron chi connectivity index (χ3n) is 7.16. The molecular formula is C30H26F3N5O4. The van der Waals surface area contributed by atoms with Crippen molar-refractivity contribution in [3.8, 4) is 17.6 Å². The number of halogens is 3. The molecule has 42 heavy (non-hydrogen) atoms. The summed E-state index contributed by atoms with van der Waals surface area (Å²) in [4.78, 5) is 28.7. The van der Waals surface area contributed by atoms with Gasteiger partial charge in [-0.3, -0.25) is 4.79 Å². The number of amides is 1. The van der Waals surface area contributed by atoms with E-state index in [4.69, 9.17) is 14.6 Å². The number of carboxylic acids is 1. The Labute approximate surface area is 238 Å². The molecule has 0 spiro atoms. The Bertz CT molecular complexity index is 1680. The van der Waals surface area contributed by atoms with E-state index in [1.54, 1.807) is 6.07 Å². The predicted molar refractivity (Wildman–Crippen MR) is 146 cm³/mol. The van der Waals surface area contributed by atoms with E-state index in [2.05, 4.69) is 20.9 Å². The lowest BCUT2D eigenvalue weighted by molar-refractivity contribution is -0.192. The van der Waals surface area contributed by atoms with Gasteiger partial charge in [-0.2, -0.15) is 18.4 Å². The van der Waals surface area contributed by atoms with Crippen molar-refractivity contribution in [2.45, 2.75) is 31.6 Å². The van der Waals surface area contributed by atoms with E-state index in [1.807, 2.05) is 66.0 Å². The van der Waals surface area contributed by atoms with Gasteiger partial charge in [-0.1, -0.05) is 24.3 Å². The minimum Gasteiger partial charge on any atom is -0.475 e. The van der Waals surface area contributed by atoms with E-state index >= 15 is 0 Å². The van der Waals surface area contributed by atoms with E-state index in [0.717, 1.165) is 48.0 Å². The molecule has 0 saturated carbocycles. The molecule has 3 aromatic carbocycles. The second kappa shape index (κ2) is 11.9. The second-order valence-corrected chi connectivity index (χ2v) is 9.99. The van der Waals surface area contributed by atoms with Crippen LogP contribution in [0.5, 0.6) is 11.5 Å². The van der Waals surface area contributed by atoms with Crippen molar-refractivity contribution in [3.05, 3.63) is 89.5 Å². The highest BCUT2D eigenvalue weighted by molar-refractivity contribution is 6.07. The summed E-state index contributed by atoms with van der Waals surface area (Å²) in [5.41, 5.74) is 3.30. The number of rotatable bonds is 0. The lowest BCUT2D eigenvalue weighted by Crippen LogP contribution is -2.36. The largest absolute Gasteiger partial charge is 0.490 e. The maximum atomic E-state index is 13.5. The topological polar surface area (TPSA) is 120 Å². The number of fused-ring (bicyclic) bond motifs is 6. The number of nitrogens with zero attached hydrogens (tertiary/aromatic N) is 4. The fraction of sp³-hybridized carbons (Fsp3) is 0.267. The number of ether oxygens (including phenoxy) is 1. The van der Waals surface area contributed by atoms with Crippen LogP contribution in [0.3, 0.4) is 0 Å². The number of carbonyl (C=O) groups excluding carboxylic acids is 1. The van der Waals surface area contributed by atoms with Crippen LogP contribution in [0.4, 0.5) is 13.2 Å². The molecule has 1 aromatic heterocycles. The van der Waals surface area contributed by atoms with Crippen molar-refractivity contribution in [2.24, 2.45) is 0 Å². The standard InChI is InChI=1S/C28H25N5O2.C2HF3O2/c29-14-21-5-4-19-12-27(21)35-24-7-6-20-2-1-3-25(26(20)13-24)28(34)32-11-9-22(17-32)31-10-8-23-15-30-18-33(23)16-19;3-2(4,5)1(6)7/h1-7,12-13,15,18,22,31H,8-11,16-17H2;(H,6,7)/t22-;/m1./s1. The maximum absolute atomic E-state index is 13.5. The SMILES string of the molecule is N#Cc1ccc2cc1Oc1ccc3cccc(c3c1)C(=O)N1CC[C@H](C1)NCCc1cncn1C2.O=C(O)C(F)(F)F. The molecule has 1 atom stereocenters. The Balaban J connectivity index is 0.000000451. The Morgan fingerprint density at radius 3 is 2.74 bits per heavy atom. The van der Waals surface area contributed by atoms with Gasteiger partial charge in [0.1, 0.15) is 17.6 Å². The van der Waals surface area contributed by atoms with Crippen LogP contribution in [-0.2, 0) is 17.8 Å². The Morgan fingerprint density at radius 2 is 1.98 bits per heavy atom. The second-order valence-electron chi connectivity index (χ2n) is 9.99. The Morgan fingerprint density at radius 1 is 1.17 bits per heavy atom. The highest BCUT2D eigenvalue weighted by atomic mass is 19.4. The summed E-state index contributed by atoms with van der Waals surface area (Å²) >= 11 is 0. The van der Waals surface area contributed by atoms with Crippen LogP contribution in [0.25, 0.3) is 10.8 Å². The molecule has 6 bridgehead atoms. The third-order valence-corrected chi connectivity index (χ3v) is 7.16. The smallest absolute Gasteiger partial charge is 0.475 e. The van der Waals surface area contributed by atoms with Crippen molar-refractivity contribution in [2.75, 3.05) is 19.6 Å². The van der Waals surface area contributed by atoms with Crippen LogP contribution in [0.1, 0.15) is 33.6 Å². The number of hydrogen-bond donors (Lipinski definition) is 2. The van der Waals surface area contributed by atoms with Crippen LogP contribution >= 0.6 is 0 Å². The highest BCUT2D eigenvalue weighted by Crippen LogP contribution is 2.31. The van der Waals surface area contributed by atoms with Crippen molar-refractivity contribution >= 4 is 22.6 Å². The zero-order valence-corrected chi connectivity index (χ0v) is 22.3. The van der Waals surface area contributed by atoms with E-state index in [1.165, 1.54) is 0 Å². The summed E-state index contributed by atoms with van der Waals surface area (Å²) in [6.45, 7) is 2.89. The summed E-state index contributed by atoms with van der Waals surface area (Å²) in [6.07, 6.45) is 0.436. The van der Waals surface area contributed by atoms with Crippen molar-refractivity contribution in [1.29, 1.82) is 5.26 Å². The van der Waals surface area contributed by atoms with Gasteiger partial charge < -0.3 is 24.6 Å². The van der Waals surface area contributed by atoms with Crippen LogP contribution in [0.15, 0.2) is 67.1 Å². The summed E-state index contributed by atoms with van der Waals surface area (Å²) in [7, 11) is 0.